The van der Waals surface area contributed by atoms with Crippen molar-refractivity contribution in [1.82, 2.24) is 15.2 Å². The van der Waals surface area contributed by atoms with Crippen LogP contribution < -0.4 is 5.32 Å². The summed E-state index contributed by atoms with van der Waals surface area (Å²) in [5, 5.41) is 3.19. The van der Waals surface area contributed by atoms with Crippen LogP contribution in [0.2, 0.25) is 0 Å². The third-order valence-electron chi connectivity index (χ3n) is 2.87. The molecule has 0 aliphatic rings. The van der Waals surface area contributed by atoms with Crippen LogP contribution in [0.3, 0.4) is 0 Å². The first-order valence-electron chi connectivity index (χ1n) is 6.01. The van der Waals surface area contributed by atoms with E-state index in [0.717, 1.165) is 31.8 Å². The topological polar surface area (TPSA) is 37.4 Å². The molecule has 0 spiro atoms. The Morgan fingerprint density at radius 3 is 2.88 bits per heavy atom. The largest absolute Gasteiger partial charge is 0.383 e. The maximum Gasteiger partial charge on any atom is 0.0630 e. The van der Waals surface area contributed by atoms with E-state index in [2.05, 4.69) is 28.3 Å². The Labute approximate surface area is 104 Å². The monoisotopic (exact) mass is 237 g/mol. The Kier molecular flexibility index (Phi) is 6.77. The van der Waals surface area contributed by atoms with E-state index in [4.69, 9.17) is 4.74 Å². The second kappa shape index (κ2) is 8.17. The van der Waals surface area contributed by atoms with Gasteiger partial charge >= 0.3 is 0 Å². The van der Waals surface area contributed by atoms with E-state index in [1.807, 2.05) is 25.4 Å². The molecule has 1 rings (SSSR count). The van der Waals surface area contributed by atoms with Crippen LogP contribution in [-0.2, 0) is 11.2 Å². The number of nitrogens with one attached hydrogen (secondary N) is 1. The first-order chi connectivity index (χ1) is 8.27. The van der Waals surface area contributed by atoms with Crippen molar-refractivity contribution in [2.45, 2.75) is 12.5 Å². The van der Waals surface area contributed by atoms with Crippen molar-refractivity contribution in [1.29, 1.82) is 0 Å². The number of pyridine rings is 1. The lowest BCUT2D eigenvalue weighted by atomic mass is 10.2. The van der Waals surface area contributed by atoms with Gasteiger partial charge in [-0.25, -0.2) is 0 Å². The Balaban J connectivity index is 2.38. The van der Waals surface area contributed by atoms with Crippen LogP contribution in [0.25, 0.3) is 0 Å². The van der Waals surface area contributed by atoms with Gasteiger partial charge in [-0.3, -0.25) is 9.88 Å². The number of ether oxygens (including phenoxy) is 1. The Hall–Kier alpha value is -0.970. The normalized spacial score (nSPS) is 12.9. The molecule has 17 heavy (non-hydrogen) atoms. The summed E-state index contributed by atoms with van der Waals surface area (Å²) < 4.78 is 5.23. The first kappa shape index (κ1) is 14.1. The minimum absolute atomic E-state index is 0.411. The molecule has 1 N–H and O–H groups in total. The molecule has 0 saturated heterocycles. The fraction of sp³-hybridized carbons (Fsp3) is 0.615. The van der Waals surface area contributed by atoms with Gasteiger partial charge < -0.3 is 10.1 Å². The summed E-state index contributed by atoms with van der Waals surface area (Å²) in [4.78, 5) is 6.64. The molecule has 0 amide bonds. The summed E-state index contributed by atoms with van der Waals surface area (Å²) in [6.45, 7) is 2.68. The summed E-state index contributed by atoms with van der Waals surface area (Å²) in [5.41, 5.74) is 1.14. The lowest BCUT2D eigenvalue weighted by molar-refractivity contribution is 0.107. The SMILES string of the molecule is CNCC(COC)N(C)CCc1ccccn1. The predicted octanol–water partition coefficient (Wildman–Crippen LogP) is 0.790. The van der Waals surface area contributed by atoms with Crippen molar-refractivity contribution in [3.63, 3.8) is 0 Å². The molecule has 1 atom stereocenters. The number of hydrogen-bond acceptors (Lipinski definition) is 4. The van der Waals surface area contributed by atoms with E-state index < -0.39 is 0 Å². The highest BCUT2D eigenvalue weighted by molar-refractivity contribution is 5.03. The fourth-order valence-electron chi connectivity index (χ4n) is 1.79. The van der Waals surface area contributed by atoms with Crippen LogP contribution in [0.5, 0.6) is 0 Å². The maximum absolute atomic E-state index is 5.23. The van der Waals surface area contributed by atoms with Gasteiger partial charge in [0, 0.05) is 44.6 Å². The smallest absolute Gasteiger partial charge is 0.0630 e. The highest BCUT2D eigenvalue weighted by Gasteiger charge is 2.13. The standard InChI is InChI=1S/C13H23N3O/c1-14-10-13(11-17-3)16(2)9-7-12-6-4-5-8-15-12/h4-6,8,13-14H,7,9-11H2,1-3H3. The predicted molar refractivity (Wildman–Crippen MR) is 70.2 cm³/mol. The van der Waals surface area contributed by atoms with Gasteiger partial charge in [0.1, 0.15) is 0 Å². The van der Waals surface area contributed by atoms with E-state index in [9.17, 15) is 0 Å². The van der Waals surface area contributed by atoms with Gasteiger partial charge in [-0.2, -0.15) is 0 Å². The Morgan fingerprint density at radius 2 is 2.29 bits per heavy atom. The van der Waals surface area contributed by atoms with Crippen molar-refractivity contribution in [3.05, 3.63) is 30.1 Å². The third-order valence-corrected chi connectivity index (χ3v) is 2.87. The molecule has 1 heterocycles. The fourth-order valence-corrected chi connectivity index (χ4v) is 1.79. The van der Waals surface area contributed by atoms with Crippen molar-refractivity contribution in [2.75, 3.05) is 40.9 Å². The highest BCUT2D eigenvalue weighted by Crippen LogP contribution is 2.00. The molecule has 0 aliphatic heterocycles. The van der Waals surface area contributed by atoms with Crippen molar-refractivity contribution in [2.24, 2.45) is 0 Å². The molecule has 0 radical (unpaired) electrons. The minimum Gasteiger partial charge on any atom is -0.383 e. The number of likely N-dealkylation sites (N-methyl/N-ethyl adjacent to an activating group) is 2. The van der Waals surface area contributed by atoms with Crippen LogP contribution in [0.4, 0.5) is 0 Å². The van der Waals surface area contributed by atoms with Crippen LogP contribution in [0, 0.1) is 0 Å². The van der Waals surface area contributed by atoms with Crippen molar-refractivity contribution in [3.8, 4) is 0 Å². The van der Waals surface area contributed by atoms with Crippen molar-refractivity contribution >= 4 is 0 Å². The van der Waals surface area contributed by atoms with E-state index in [0.29, 0.717) is 6.04 Å². The summed E-state index contributed by atoms with van der Waals surface area (Å²) >= 11 is 0. The molecule has 4 heteroatoms. The van der Waals surface area contributed by atoms with Gasteiger partial charge in [0.2, 0.25) is 0 Å². The number of nitrogens with zero attached hydrogens (tertiary/aromatic N) is 2. The van der Waals surface area contributed by atoms with E-state index in [1.54, 1.807) is 7.11 Å². The maximum atomic E-state index is 5.23. The Morgan fingerprint density at radius 1 is 1.47 bits per heavy atom. The zero-order valence-electron chi connectivity index (χ0n) is 11.0. The molecule has 1 aromatic rings. The Bertz CT molecular complexity index is 286. The second-order valence-corrected chi connectivity index (χ2v) is 4.22. The first-order valence-corrected chi connectivity index (χ1v) is 6.01. The lowest BCUT2D eigenvalue weighted by Gasteiger charge is -2.27. The quantitative estimate of drug-likeness (QED) is 0.725. The van der Waals surface area contributed by atoms with Gasteiger partial charge in [0.05, 0.1) is 6.61 Å². The van der Waals surface area contributed by atoms with E-state index in [1.165, 1.54) is 0 Å². The highest BCUT2D eigenvalue weighted by atomic mass is 16.5. The molecule has 0 aromatic carbocycles. The lowest BCUT2D eigenvalue weighted by Crippen LogP contribution is -2.43. The molecule has 0 aliphatic carbocycles. The van der Waals surface area contributed by atoms with Crippen LogP contribution >= 0.6 is 0 Å². The minimum atomic E-state index is 0.411. The molecule has 96 valence electrons. The average molecular weight is 237 g/mol. The summed E-state index contributed by atoms with van der Waals surface area (Å²) in [6.07, 6.45) is 2.82. The zero-order valence-corrected chi connectivity index (χ0v) is 11.0. The molecule has 0 saturated carbocycles. The molecule has 1 aromatic heterocycles. The summed E-state index contributed by atoms with van der Waals surface area (Å²) in [5.74, 6) is 0. The molecular weight excluding hydrogens is 214 g/mol. The second-order valence-electron chi connectivity index (χ2n) is 4.22. The van der Waals surface area contributed by atoms with Crippen LogP contribution in [0.15, 0.2) is 24.4 Å². The van der Waals surface area contributed by atoms with Crippen LogP contribution in [0.1, 0.15) is 5.69 Å². The van der Waals surface area contributed by atoms with Gasteiger partial charge in [0.25, 0.3) is 0 Å². The summed E-state index contributed by atoms with van der Waals surface area (Å²) in [6, 6.07) is 6.45. The van der Waals surface area contributed by atoms with Crippen molar-refractivity contribution < 1.29 is 4.74 Å². The molecule has 0 bridgehead atoms. The van der Waals surface area contributed by atoms with E-state index in [-0.39, 0.29) is 0 Å². The van der Waals surface area contributed by atoms with Gasteiger partial charge in [-0.05, 0) is 26.2 Å². The van der Waals surface area contributed by atoms with Gasteiger partial charge in [-0.1, -0.05) is 6.07 Å². The van der Waals surface area contributed by atoms with Crippen LogP contribution in [-0.4, -0.2) is 56.8 Å². The van der Waals surface area contributed by atoms with E-state index >= 15 is 0 Å². The van der Waals surface area contributed by atoms with Gasteiger partial charge in [-0.15, -0.1) is 0 Å². The summed E-state index contributed by atoms with van der Waals surface area (Å²) in [7, 11) is 5.84. The molecule has 1 unspecified atom stereocenters. The number of methoxy groups -OCH3 is 1. The molecule has 4 nitrogen and oxygen atoms in total. The number of rotatable bonds is 8. The van der Waals surface area contributed by atoms with Gasteiger partial charge in [0.15, 0.2) is 0 Å². The number of hydrogen-bond donors (Lipinski definition) is 1. The number of aromatic nitrogens is 1. The molecular formula is C13H23N3O. The molecule has 0 fully saturated rings. The zero-order chi connectivity index (χ0) is 12.5. The average Bonchev–Trinajstić information content (AvgIpc) is 2.37. The third kappa shape index (κ3) is 5.26.